The normalized spacial score (nSPS) is 10.8. The van der Waals surface area contributed by atoms with Crippen molar-refractivity contribution in [3.63, 3.8) is 0 Å². The second-order valence-corrected chi connectivity index (χ2v) is 7.41. The van der Waals surface area contributed by atoms with Gasteiger partial charge >= 0.3 is 5.97 Å². The minimum absolute atomic E-state index is 0.0298. The maximum atomic E-state index is 12.1. The van der Waals surface area contributed by atoms with Gasteiger partial charge in [0.25, 0.3) is 5.91 Å². The molecule has 0 aliphatic rings. The molecule has 0 aromatic heterocycles. The second kappa shape index (κ2) is 8.48. The van der Waals surface area contributed by atoms with Crippen LogP contribution in [0.15, 0.2) is 54.6 Å². The topological polar surface area (TPSA) is 92.8 Å². The van der Waals surface area contributed by atoms with Crippen LogP contribution in [-0.4, -0.2) is 46.7 Å². The molecule has 0 aliphatic heterocycles. The van der Waals surface area contributed by atoms with Crippen LogP contribution in [0.3, 0.4) is 0 Å². The zero-order valence-corrected chi connectivity index (χ0v) is 15.3. The fourth-order valence-corrected chi connectivity index (χ4v) is 3.27. The Kier molecular flexibility index (Phi) is 6.35. The first-order chi connectivity index (χ1) is 12.3. The van der Waals surface area contributed by atoms with Crippen LogP contribution in [0.4, 0.5) is 5.69 Å². The summed E-state index contributed by atoms with van der Waals surface area (Å²) in [6.07, 6.45) is 1.07. The number of nitrogens with zero attached hydrogens (tertiary/aromatic N) is 1. The summed E-state index contributed by atoms with van der Waals surface area (Å²) in [6.45, 7) is 0.144. The van der Waals surface area contributed by atoms with Crippen LogP contribution >= 0.6 is 0 Å². The predicted molar refractivity (Wildman–Crippen MR) is 98.7 cm³/mol. The van der Waals surface area contributed by atoms with Crippen molar-refractivity contribution < 1.29 is 22.7 Å². The molecule has 0 radical (unpaired) electrons. The Bertz CT molecular complexity index is 881. The number of amides is 1. The molecule has 0 unspecified atom stereocenters. The summed E-state index contributed by atoms with van der Waals surface area (Å²) in [7, 11) is -2.35. The molecule has 8 heteroatoms. The molecule has 1 amide bonds. The number of hydrogen-bond donors (Lipinski definition) is 1. The van der Waals surface area contributed by atoms with Gasteiger partial charge in [-0.15, -0.1) is 0 Å². The van der Waals surface area contributed by atoms with Gasteiger partial charge in [0.1, 0.15) is 0 Å². The van der Waals surface area contributed by atoms with Gasteiger partial charge < -0.3 is 10.1 Å². The van der Waals surface area contributed by atoms with Gasteiger partial charge in [-0.25, -0.2) is 13.2 Å². The number of hydrogen-bond acceptors (Lipinski definition) is 5. The van der Waals surface area contributed by atoms with E-state index in [1.54, 1.807) is 42.5 Å². The predicted octanol–water partition coefficient (Wildman–Crippen LogP) is 1.67. The van der Waals surface area contributed by atoms with Crippen LogP contribution in [0.25, 0.3) is 0 Å². The monoisotopic (exact) mass is 376 g/mol. The van der Waals surface area contributed by atoms with Crippen molar-refractivity contribution in [1.29, 1.82) is 0 Å². The van der Waals surface area contributed by atoms with Crippen LogP contribution in [-0.2, 0) is 14.8 Å². The minimum atomic E-state index is -3.60. The lowest BCUT2D eigenvalue weighted by Gasteiger charge is -2.23. The molecule has 0 spiro atoms. The average molecular weight is 376 g/mol. The summed E-state index contributed by atoms with van der Waals surface area (Å²) in [6, 6.07) is 14.8. The molecule has 0 bridgehead atoms. The fourth-order valence-electron chi connectivity index (χ4n) is 2.35. The van der Waals surface area contributed by atoms with Crippen molar-refractivity contribution in [1.82, 2.24) is 5.32 Å². The highest BCUT2D eigenvalue weighted by Gasteiger charge is 2.19. The van der Waals surface area contributed by atoms with Crippen LogP contribution in [0, 0.1) is 0 Å². The summed E-state index contributed by atoms with van der Waals surface area (Å²) in [4.78, 5) is 23.7. The molecule has 2 aromatic rings. The largest absolute Gasteiger partial charge is 0.465 e. The van der Waals surface area contributed by atoms with Crippen molar-refractivity contribution in [2.75, 3.05) is 30.8 Å². The van der Waals surface area contributed by atoms with Crippen molar-refractivity contribution in [2.24, 2.45) is 0 Å². The Morgan fingerprint density at radius 3 is 2.31 bits per heavy atom. The van der Waals surface area contributed by atoms with Crippen molar-refractivity contribution in [2.45, 2.75) is 0 Å². The number of nitrogens with one attached hydrogen (secondary N) is 1. The van der Waals surface area contributed by atoms with E-state index in [-0.39, 0.29) is 24.6 Å². The summed E-state index contributed by atoms with van der Waals surface area (Å²) in [5, 5.41) is 2.68. The Hall–Kier alpha value is -2.87. The Morgan fingerprint density at radius 2 is 1.69 bits per heavy atom. The zero-order valence-electron chi connectivity index (χ0n) is 14.5. The molecule has 26 heavy (non-hydrogen) atoms. The molecule has 0 atom stereocenters. The van der Waals surface area contributed by atoms with Crippen LogP contribution < -0.4 is 9.62 Å². The van der Waals surface area contributed by atoms with Gasteiger partial charge in [0.2, 0.25) is 10.0 Å². The van der Waals surface area contributed by atoms with E-state index in [1.807, 2.05) is 0 Å². The third-order valence-electron chi connectivity index (χ3n) is 3.59. The number of anilines is 1. The van der Waals surface area contributed by atoms with Gasteiger partial charge in [0.15, 0.2) is 0 Å². The number of esters is 1. The van der Waals surface area contributed by atoms with E-state index in [0.717, 1.165) is 10.6 Å². The third kappa shape index (κ3) is 5.06. The lowest BCUT2D eigenvalue weighted by atomic mass is 10.2. The fraction of sp³-hybridized carbons (Fsp3) is 0.222. The number of rotatable bonds is 7. The molecule has 0 aliphatic carbocycles. The zero-order chi connectivity index (χ0) is 19.2. The molecule has 0 fully saturated rings. The van der Waals surface area contributed by atoms with Crippen LogP contribution in [0.1, 0.15) is 20.7 Å². The molecular formula is C18H20N2O5S. The van der Waals surface area contributed by atoms with E-state index in [1.165, 1.54) is 19.2 Å². The maximum absolute atomic E-state index is 12.1. The quantitative estimate of drug-likeness (QED) is 0.742. The van der Waals surface area contributed by atoms with E-state index in [9.17, 15) is 18.0 Å². The molecule has 138 valence electrons. The number of carbonyl (C=O) groups is 2. The standard InChI is InChI=1S/C18H20N2O5S/c1-25-18(22)15-9-6-10-16(13-15)20(26(2,23)24)12-11-19-17(21)14-7-4-3-5-8-14/h3-10,13H,11-12H2,1-2H3,(H,19,21). The van der Waals surface area contributed by atoms with Gasteiger partial charge in [-0.05, 0) is 30.3 Å². The molecule has 0 saturated heterocycles. The molecule has 1 N–H and O–H groups in total. The average Bonchev–Trinajstić information content (AvgIpc) is 2.64. The highest BCUT2D eigenvalue weighted by Crippen LogP contribution is 2.19. The Balaban J connectivity index is 2.12. The maximum Gasteiger partial charge on any atom is 0.337 e. The summed E-state index contributed by atoms with van der Waals surface area (Å²) in [5.41, 5.74) is 1.06. The first kappa shape index (κ1) is 19.5. The Labute approximate surface area is 152 Å². The highest BCUT2D eigenvalue weighted by atomic mass is 32.2. The lowest BCUT2D eigenvalue weighted by molar-refractivity contribution is 0.0600. The van der Waals surface area contributed by atoms with Crippen molar-refractivity contribution in [3.8, 4) is 0 Å². The van der Waals surface area contributed by atoms with E-state index in [2.05, 4.69) is 10.1 Å². The van der Waals surface area contributed by atoms with E-state index < -0.39 is 16.0 Å². The van der Waals surface area contributed by atoms with Crippen LogP contribution in [0.2, 0.25) is 0 Å². The van der Waals surface area contributed by atoms with Gasteiger partial charge in [0.05, 0.1) is 31.2 Å². The van der Waals surface area contributed by atoms with E-state index >= 15 is 0 Å². The number of benzene rings is 2. The van der Waals surface area contributed by atoms with Crippen molar-refractivity contribution in [3.05, 3.63) is 65.7 Å². The second-order valence-electron chi connectivity index (χ2n) is 5.50. The van der Waals surface area contributed by atoms with Crippen molar-refractivity contribution >= 4 is 27.6 Å². The molecule has 2 aromatic carbocycles. The summed E-state index contributed by atoms with van der Waals surface area (Å²) < 4.78 is 30.0. The molecule has 0 heterocycles. The summed E-state index contributed by atoms with van der Waals surface area (Å²) >= 11 is 0. The van der Waals surface area contributed by atoms with Gasteiger partial charge in [-0.2, -0.15) is 0 Å². The molecule has 2 rings (SSSR count). The Morgan fingerprint density at radius 1 is 1.04 bits per heavy atom. The number of ether oxygens (including phenoxy) is 1. The molecule has 7 nitrogen and oxygen atoms in total. The van der Waals surface area contributed by atoms with E-state index in [0.29, 0.717) is 11.3 Å². The lowest BCUT2D eigenvalue weighted by Crippen LogP contribution is -2.38. The third-order valence-corrected chi connectivity index (χ3v) is 4.79. The minimum Gasteiger partial charge on any atom is -0.465 e. The first-order valence-corrected chi connectivity index (χ1v) is 9.67. The molecule has 0 saturated carbocycles. The first-order valence-electron chi connectivity index (χ1n) is 7.82. The van der Waals surface area contributed by atoms with E-state index in [4.69, 9.17) is 0 Å². The smallest absolute Gasteiger partial charge is 0.337 e. The van der Waals surface area contributed by atoms with Gasteiger partial charge in [-0.1, -0.05) is 24.3 Å². The SMILES string of the molecule is COC(=O)c1cccc(N(CCNC(=O)c2ccccc2)S(C)(=O)=O)c1. The number of carbonyl (C=O) groups excluding carboxylic acids is 2. The number of sulfonamides is 1. The number of methoxy groups -OCH3 is 1. The summed E-state index contributed by atoms with van der Waals surface area (Å²) in [5.74, 6) is -0.847. The molecular weight excluding hydrogens is 356 g/mol. The van der Waals surface area contributed by atoms with Gasteiger partial charge in [0, 0.05) is 12.1 Å². The highest BCUT2D eigenvalue weighted by molar-refractivity contribution is 7.92. The van der Waals surface area contributed by atoms with Crippen LogP contribution in [0.5, 0.6) is 0 Å². The van der Waals surface area contributed by atoms with Gasteiger partial charge in [-0.3, -0.25) is 9.10 Å².